The Labute approximate surface area is 489 Å². The number of nitrogens with zero attached hydrogens (tertiary/aromatic N) is 1. The number of unbranched alkanes of at least 4 members (excludes halogenated alkanes) is 2. The highest BCUT2D eigenvalue weighted by molar-refractivity contribution is 9.09. The second kappa shape index (κ2) is 30.0. The molecule has 26 heteroatoms. The number of ether oxygens (including phenoxy) is 5. The van der Waals surface area contributed by atoms with Crippen molar-refractivity contribution >= 4 is 92.3 Å². The summed E-state index contributed by atoms with van der Waals surface area (Å²) in [5.74, 6) is -4.51. The number of nitrogens with one attached hydrogen (secondary N) is 7. The van der Waals surface area contributed by atoms with Gasteiger partial charge in [0.15, 0.2) is 5.72 Å². The molecule has 10 N–H and O–H groups in total. The van der Waals surface area contributed by atoms with Gasteiger partial charge in [-0.3, -0.25) is 34.6 Å². The number of carbonyl (C=O) groups is 8. The third-order valence-electron chi connectivity index (χ3n) is 14.4. The molecule has 3 aliphatic rings. The van der Waals surface area contributed by atoms with Gasteiger partial charge in [0.05, 0.1) is 31.0 Å². The quantitative estimate of drug-likeness (QED) is 0.0276. The standard InChI is InChI=1S/C56H76BrClFN9O14/c1-30(2)47(66-44(69)18-11-10-12-21-61-49(71)32(4)29-57)51(73)64-38(16-14-22-62-52(60)74)50(72)63-35-19-20-37(36(59)26-35)65-53(75)81-43-27-45(70)68(7)39-24-34(25-40(78-8)46(39)58)23-31(3)15-13-17-42(79-9)56(77)28-41(80-54(76)67-56)33(5)48-55(43,6)82-48/h13,15,17,19-20,24-26,30,33,38,41-43,47-48,77H,4,10-12,14,16,18,21-23,27-29H2,1-3,5-9H3,(H,61,71)(H,63,72)(H,64,73)(H,65,75)(H,66,69)(H,67,76)(H3,60,62,74)/b17-13+,31-15+/t33-,38+,41+,42-,43+,47+,48+,55+,56+/m1/s1. The van der Waals surface area contributed by atoms with Gasteiger partial charge in [0.1, 0.15) is 52.6 Å². The number of carbonyl (C=O) groups excluding carboxylic acids is 8. The molecule has 3 aliphatic heterocycles. The fourth-order valence-corrected chi connectivity index (χ4v) is 10.2. The molecule has 0 aliphatic carbocycles. The Hall–Kier alpha value is -6.80. The Kier molecular flexibility index (Phi) is 24.1. The first kappa shape index (κ1) is 66.0. The lowest BCUT2D eigenvalue weighted by molar-refractivity contribution is -0.142. The van der Waals surface area contributed by atoms with Gasteiger partial charge in [-0.05, 0) is 87.8 Å². The average Bonchev–Trinajstić information content (AvgIpc) is 3.49. The van der Waals surface area contributed by atoms with Crippen molar-refractivity contribution in [2.24, 2.45) is 17.6 Å². The normalized spacial score (nSPS) is 24.3. The number of amides is 9. The molecule has 3 heterocycles. The molecule has 0 aromatic heterocycles. The Balaban J connectivity index is 1.32. The molecule has 2 saturated heterocycles. The van der Waals surface area contributed by atoms with Crippen molar-refractivity contribution in [3.8, 4) is 5.75 Å². The van der Waals surface area contributed by atoms with Crippen LogP contribution in [0.1, 0.15) is 91.5 Å². The minimum absolute atomic E-state index is 0.0200. The van der Waals surface area contributed by atoms with Gasteiger partial charge in [0.25, 0.3) is 0 Å². The van der Waals surface area contributed by atoms with Crippen LogP contribution in [-0.2, 0) is 49.3 Å². The predicted molar refractivity (Wildman–Crippen MR) is 308 cm³/mol. The van der Waals surface area contributed by atoms with Crippen LogP contribution in [0.2, 0.25) is 5.02 Å². The maximum absolute atomic E-state index is 16.0. The zero-order chi connectivity index (χ0) is 60.6. The molecule has 0 radical (unpaired) electrons. The Morgan fingerprint density at radius 1 is 1.02 bits per heavy atom. The highest BCUT2D eigenvalue weighted by Crippen LogP contribution is 2.49. The van der Waals surface area contributed by atoms with Gasteiger partial charge in [-0.1, -0.05) is 85.1 Å². The summed E-state index contributed by atoms with van der Waals surface area (Å²) in [5, 5.41) is 30.4. The van der Waals surface area contributed by atoms with Crippen molar-refractivity contribution in [3.05, 3.63) is 82.7 Å². The SMILES string of the molecule is C=C(CBr)C(=O)NCCCCCC(=O)N[C@H](C(=O)N[C@@H](CCCNC(N)=O)C(=O)Nc1ccc(NC(=O)O[C@H]2CC(=O)N(C)c3cc(cc(OC)c3Cl)C/C(C)=C/C=C/[C@@H](OC)[C@@]3(O)C[C@H](OC(=O)N3)[C@@H](C)[C@@H]3O[C@@]23C)c(F)c1)C(C)C. The number of primary amides is 1. The lowest BCUT2D eigenvalue weighted by Crippen LogP contribution is -2.63. The number of alkyl halides is 1. The molecule has 9 atom stereocenters. The van der Waals surface area contributed by atoms with E-state index in [0.717, 1.165) is 23.3 Å². The van der Waals surface area contributed by atoms with Crippen LogP contribution >= 0.6 is 27.5 Å². The number of hydrogen-bond donors (Lipinski definition) is 9. The highest BCUT2D eigenvalue weighted by Gasteiger charge is 2.64. The van der Waals surface area contributed by atoms with Gasteiger partial charge in [0, 0.05) is 62.6 Å². The van der Waals surface area contributed by atoms with Gasteiger partial charge in [-0.2, -0.15) is 0 Å². The van der Waals surface area contributed by atoms with Crippen LogP contribution in [0.3, 0.4) is 0 Å². The van der Waals surface area contributed by atoms with Gasteiger partial charge in [-0.15, -0.1) is 0 Å². The maximum atomic E-state index is 16.0. The van der Waals surface area contributed by atoms with Crippen LogP contribution in [-0.4, -0.2) is 140 Å². The number of halogens is 3. The van der Waals surface area contributed by atoms with Crippen LogP contribution in [0.4, 0.5) is 35.8 Å². The number of benzene rings is 2. The number of epoxide rings is 1. The molecule has 2 fully saturated rings. The van der Waals surface area contributed by atoms with E-state index in [1.807, 2.05) is 13.0 Å². The number of hydrogen-bond acceptors (Lipinski definition) is 14. The summed E-state index contributed by atoms with van der Waals surface area (Å²) in [6, 6.07) is 3.70. The Morgan fingerprint density at radius 3 is 2.40 bits per heavy atom. The summed E-state index contributed by atoms with van der Waals surface area (Å²) >= 11 is 9.99. The van der Waals surface area contributed by atoms with E-state index >= 15 is 4.39 Å². The summed E-state index contributed by atoms with van der Waals surface area (Å²) in [6.45, 7) is 12.7. The van der Waals surface area contributed by atoms with E-state index < -0.39 is 119 Å². The lowest BCUT2D eigenvalue weighted by atomic mass is 9.83. The summed E-state index contributed by atoms with van der Waals surface area (Å²) in [6.07, 6.45) is 0.482. The molecule has 82 heavy (non-hydrogen) atoms. The summed E-state index contributed by atoms with van der Waals surface area (Å²) in [4.78, 5) is 106. The van der Waals surface area contributed by atoms with Gasteiger partial charge in [0.2, 0.25) is 29.5 Å². The van der Waals surface area contributed by atoms with Crippen molar-refractivity contribution in [2.45, 2.75) is 140 Å². The molecule has 2 aromatic carbocycles. The van der Waals surface area contributed by atoms with Crippen LogP contribution < -0.4 is 52.6 Å². The first-order valence-electron chi connectivity index (χ1n) is 26.9. The Bertz CT molecular complexity index is 2770. The van der Waals surface area contributed by atoms with E-state index in [4.69, 9.17) is 41.0 Å². The second-order valence-corrected chi connectivity index (χ2v) is 22.0. The van der Waals surface area contributed by atoms with Crippen molar-refractivity contribution < 1.29 is 71.5 Å². The van der Waals surface area contributed by atoms with Crippen LogP contribution in [0, 0.1) is 17.7 Å². The molecular formula is C56H76BrClFN9O14. The number of fused-ring (bicyclic) bond motifs is 5. The van der Waals surface area contributed by atoms with Crippen LogP contribution in [0.15, 0.2) is 66.3 Å². The van der Waals surface area contributed by atoms with Crippen molar-refractivity contribution in [1.29, 1.82) is 0 Å². The van der Waals surface area contributed by atoms with Gasteiger partial charge < -0.3 is 66.0 Å². The first-order chi connectivity index (χ1) is 38.7. The third-order valence-corrected chi connectivity index (χ3v) is 15.4. The lowest BCUT2D eigenvalue weighted by Gasteiger charge is -2.42. The van der Waals surface area contributed by atoms with Crippen molar-refractivity contribution in [3.63, 3.8) is 0 Å². The molecule has 2 aromatic rings. The highest BCUT2D eigenvalue weighted by atomic mass is 79.9. The maximum Gasteiger partial charge on any atom is 0.412 e. The fourth-order valence-electron chi connectivity index (χ4n) is 9.60. The second-order valence-electron chi connectivity index (χ2n) is 21.1. The number of aliphatic hydroxyl groups is 1. The predicted octanol–water partition coefficient (Wildman–Crippen LogP) is 6.15. The molecule has 0 unspecified atom stereocenters. The van der Waals surface area contributed by atoms with E-state index in [9.17, 15) is 43.5 Å². The number of alkyl carbamates (subject to hydrolysis) is 1. The average molecular weight is 1230 g/mol. The van der Waals surface area contributed by atoms with Crippen LogP contribution in [0.5, 0.6) is 5.75 Å². The van der Waals surface area contributed by atoms with Crippen molar-refractivity contribution in [2.75, 3.05) is 55.2 Å². The number of anilines is 3. The molecule has 23 nitrogen and oxygen atoms in total. The number of urea groups is 1. The smallest absolute Gasteiger partial charge is 0.412 e. The van der Waals surface area contributed by atoms with Crippen molar-refractivity contribution in [1.82, 2.24) is 26.6 Å². The monoisotopic (exact) mass is 1230 g/mol. The minimum Gasteiger partial charge on any atom is -0.495 e. The topological polar surface area (TPSA) is 320 Å². The minimum atomic E-state index is -1.93. The zero-order valence-electron chi connectivity index (χ0n) is 47.3. The number of rotatable bonds is 22. The van der Waals surface area contributed by atoms with Crippen LogP contribution in [0.25, 0.3) is 0 Å². The van der Waals surface area contributed by atoms with Gasteiger partial charge in [-0.25, -0.2) is 18.8 Å². The molecule has 450 valence electrons. The molecule has 5 rings (SSSR count). The Morgan fingerprint density at radius 2 is 1.74 bits per heavy atom. The molecule has 0 spiro atoms. The summed E-state index contributed by atoms with van der Waals surface area (Å²) < 4.78 is 45.1. The zero-order valence-corrected chi connectivity index (χ0v) is 49.7. The number of allylic oxidation sites excluding steroid dienone is 3. The molecule has 0 saturated carbocycles. The molecule has 9 amide bonds. The van der Waals surface area contributed by atoms with Gasteiger partial charge >= 0.3 is 18.2 Å². The molecular weight excluding hydrogens is 1160 g/mol. The number of nitrogens with two attached hydrogens (primary N) is 1. The van der Waals surface area contributed by atoms with E-state index in [1.54, 1.807) is 52.0 Å². The van der Waals surface area contributed by atoms with E-state index in [-0.39, 0.29) is 60.3 Å². The third kappa shape index (κ3) is 18.1. The summed E-state index contributed by atoms with van der Waals surface area (Å²) in [7, 11) is 4.31. The van der Waals surface area contributed by atoms with E-state index in [2.05, 4.69) is 59.7 Å². The summed E-state index contributed by atoms with van der Waals surface area (Å²) in [5.41, 5.74) is 3.66. The number of methoxy groups -OCH3 is 2. The largest absolute Gasteiger partial charge is 0.495 e. The molecule has 4 bridgehead atoms. The van der Waals surface area contributed by atoms with E-state index in [1.165, 1.54) is 32.2 Å². The first-order valence-corrected chi connectivity index (χ1v) is 28.4. The fraction of sp³-hybridized carbons (Fsp3) is 0.536. The van der Waals surface area contributed by atoms with E-state index in [0.29, 0.717) is 43.1 Å².